The Bertz CT molecular complexity index is 1090. The summed E-state index contributed by atoms with van der Waals surface area (Å²) >= 11 is 6.17. The van der Waals surface area contributed by atoms with Crippen molar-refractivity contribution in [1.29, 1.82) is 0 Å². The lowest BCUT2D eigenvalue weighted by molar-refractivity contribution is 0.0949. The average Bonchev–Trinajstić information content (AvgIpc) is 3.23. The number of amides is 1. The molecule has 3 aromatic rings. The van der Waals surface area contributed by atoms with Crippen molar-refractivity contribution in [1.82, 2.24) is 10.3 Å². The van der Waals surface area contributed by atoms with Gasteiger partial charge in [-0.25, -0.2) is 9.37 Å². The Morgan fingerprint density at radius 3 is 2.94 bits per heavy atom. The molecular weight excluding hydrogens is 415 g/mol. The fraction of sp³-hybridized carbons (Fsp3) is 0.250. The zero-order valence-electron chi connectivity index (χ0n) is 17.2. The molecule has 1 atom stereocenters. The Kier molecular flexibility index (Phi) is 6.37. The molecular formula is C24H24ClFN4O. The summed E-state index contributed by atoms with van der Waals surface area (Å²) in [4.78, 5) is 19.4. The van der Waals surface area contributed by atoms with Gasteiger partial charge in [0.2, 0.25) is 0 Å². The van der Waals surface area contributed by atoms with E-state index >= 15 is 0 Å². The van der Waals surface area contributed by atoms with Gasteiger partial charge in [-0.2, -0.15) is 0 Å². The molecule has 31 heavy (non-hydrogen) atoms. The van der Waals surface area contributed by atoms with Crippen molar-refractivity contribution in [2.24, 2.45) is 5.92 Å². The smallest absolute Gasteiger partial charge is 0.255 e. The van der Waals surface area contributed by atoms with Gasteiger partial charge < -0.3 is 15.5 Å². The number of anilines is 3. The number of hydrogen-bond acceptors (Lipinski definition) is 4. The maximum absolute atomic E-state index is 13.5. The molecule has 4 rings (SSSR count). The Hall–Kier alpha value is -3.12. The molecule has 1 fully saturated rings. The molecule has 2 N–H and O–H groups in total. The molecule has 2 heterocycles. The Balaban J connectivity index is 1.38. The Morgan fingerprint density at radius 2 is 2.10 bits per heavy atom. The minimum absolute atomic E-state index is 0.204. The third-order valence-corrected chi connectivity index (χ3v) is 5.72. The molecule has 7 heteroatoms. The highest BCUT2D eigenvalue weighted by Crippen LogP contribution is 2.29. The van der Waals surface area contributed by atoms with Gasteiger partial charge in [0.05, 0.1) is 5.56 Å². The number of halogens is 2. The molecule has 1 aliphatic heterocycles. The molecule has 0 bridgehead atoms. The van der Waals surface area contributed by atoms with Crippen LogP contribution in [0.1, 0.15) is 22.3 Å². The molecule has 0 saturated carbocycles. The molecule has 5 nitrogen and oxygen atoms in total. The number of benzene rings is 2. The maximum Gasteiger partial charge on any atom is 0.255 e. The van der Waals surface area contributed by atoms with Crippen LogP contribution in [0.2, 0.25) is 5.02 Å². The number of carbonyl (C=O) groups is 1. The average molecular weight is 439 g/mol. The molecule has 1 unspecified atom stereocenters. The molecule has 1 aromatic heterocycles. The zero-order chi connectivity index (χ0) is 21.8. The minimum atomic E-state index is -0.354. The standard InChI is InChI=1S/C24H24ClFN4O/c1-16-7-8-18(25)12-22(16)30-11-9-17(15-30)14-28-24(31)21-6-3-10-27-23(21)29-20-5-2-4-19(26)13-20/h2-8,10,12-13,17H,9,11,14-15H2,1H3,(H,27,29)(H,28,31). The molecule has 1 saturated heterocycles. The van der Waals surface area contributed by atoms with Gasteiger partial charge in [-0.1, -0.05) is 23.7 Å². The Labute approximate surface area is 186 Å². The maximum atomic E-state index is 13.5. The minimum Gasteiger partial charge on any atom is -0.371 e. The first-order valence-electron chi connectivity index (χ1n) is 10.3. The highest BCUT2D eigenvalue weighted by atomic mass is 35.5. The first-order valence-corrected chi connectivity index (χ1v) is 10.6. The summed E-state index contributed by atoms with van der Waals surface area (Å²) in [6.07, 6.45) is 2.59. The summed E-state index contributed by atoms with van der Waals surface area (Å²) in [5, 5.41) is 6.79. The second-order valence-corrected chi connectivity index (χ2v) is 8.21. The Morgan fingerprint density at radius 1 is 1.23 bits per heavy atom. The summed E-state index contributed by atoms with van der Waals surface area (Å²) in [7, 11) is 0. The number of hydrogen-bond donors (Lipinski definition) is 2. The van der Waals surface area contributed by atoms with E-state index in [1.165, 1.54) is 17.7 Å². The van der Waals surface area contributed by atoms with Crippen molar-refractivity contribution in [3.05, 3.63) is 82.8 Å². The largest absolute Gasteiger partial charge is 0.371 e. The predicted octanol–water partition coefficient (Wildman–Crippen LogP) is 5.18. The molecule has 0 aliphatic carbocycles. The topological polar surface area (TPSA) is 57.3 Å². The van der Waals surface area contributed by atoms with Crippen molar-refractivity contribution >= 4 is 34.7 Å². The van der Waals surface area contributed by atoms with E-state index < -0.39 is 0 Å². The summed E-state index contributed by atoms with van der Waals surface area (Å²) in [6.45, 7) is 4.45. The summed E-state index contributed by atoms with van der Waals surface area (Å²) in [5.41, 5.74) is 3.30. The molecule has 1 amide bonds. The fourth-order valence-corrected chi connectivity index (χ4v) is 4.03. The number of rotatable bonds is 6. The summed E-state index contributed by atoms with van der Waals surface area (Å²) < 4.78 is 13.5. The van der Waals surface area contributed by atoms with Crippen molar-refractivity contribution in [2.75, 3.05) is 29.9 Å². The van der Waals surface area contributed by atoms with Crippen LogP contribution in [0, 0.1) is 18.7 Å². The normalized spacial score (nSPS) is 15.7. The lowest BCUT2D eigenvalue weighted by Crippen LogP contribution is -2.31. The van der Waals surface area contributed by atoms with E-state index in [0.29, 0.717) is 29.5 Å². The van der Waals surface area contributed by atoms with Crippen LogP contribution in [-0.4, -0.2) is 30.5 Å². The lowest BCUT2D eigenvalue weighted by atomic mass is 10.1. The van der Waals surface area contributed by atoms with Gasteiger partial charge in [-0.15, -0.1) is 0 Å². The fourth-order valence-electron chi connectivity index (χ4n) is 3.86. The van der Waals surface area contributed by atoms with Crippen LogP contribution in [0.15, 0.2) is 60.8 Å². The van der Waals surface area contributed by atoms with E-state index in [1.807, 2.05) is 18.2 Å². The number of aryl methyl sites for hydroxylation is 1. The van der Waals surface area contributed by atoms with Gasteiger partial charge in [0.15, 0.2) is 0 Å². The van der Waals surface area contributed by atoms with Gasteiger partial charge in [0, 0.05) is 42.2 Å². The molecule has 2 aromatic carbocycles. The molecule has 160 valence electrons. The predicted molar refractivity (Wildman–Crippen MR) is 123 cm³/mol. The first-order chi connectivity index (χ1) is 15.0. The van der Waals surface area contributed by atoms with Gasteiger partial charge in [-0.05, 0) is 67.3 Å². The number of pyridine rings is 1. The van der Waals surface area contributed by atoms with Crippen molar-refractivity contribution in [2.45, 2.75) is 13.3 Å². The van der Waals surface area contributed by atoms with Crippen molar-refractivity contribution < 1.29 is 9.18 Å². The lowest BCUT2D eigenvalue weighted by Gasteiger charge is -2.21. The second kappa shape index (κ2) is 9.35. The van der Waals surface area contributed by atoms with Crippen LogP contribution in [-0.2, 0) is 0 Å². The zero-order valence-corrected chi connectivity index (χ0v) is 18.0. The summed E-state index contributed by atoms with van der Waals surface area (Å²) in [6, 6.07) is 15.4. The third-order valence-electron chi connectivity index (χ3n) is 5.49. The van der Waals surface area contributed by atoms with Crippen LogP contribution in [0.25, 0.3) is 0 Å². The SMILES string of the molecule is Cc1ccc(Cl)cc1N1CCC(CNC(=O)c2cccnc2Nc2cccc(F)c2)C1. The first kappa shape index (κ1) is 21.1. The van der Waals surface area contributed by atoms with E-state index in [4.69, 9.17) is 11.6 Å². The third kappa shape index (κ3) is 5.14. The van der Waals surface area contributed by atoms with Gasteiger partial charge in [-0.3, -0.25) is 4.79 Å². The van der Waals surface area contributed by atoms with E-state index in [0.717, 1.165) is 30.2 Å². The molecule has 1 aliphatic rings. The van der Waals surface area contributed by atoms with Crippen LogP contribution in [0.5, 0.6) is 0 Å². The quantitative estimate of drug-likeness (QED) is 0.556. The monoisotopic (exact) mass is 438 g/mol. The summed E-state index contributed by atoms with van der Waals surface area (Å²) in [5.74, 6) is 0.184. The van der Waals surface area contributed by atoms with E-state index in [-0.39, 0.29) is 11.7 Å². The molecule has 0 radical (unpaired) electrons. The van der Waals surface area contributed by atoms with Crippen LogP contribution in [0.3, 0.4) is 0 Å². The molecule has 0 spiro atoms. The second-order valence-electron chi connectivity index (χ2n) is 7.78. The number of nitrogens with one attached hydrogen (secondary N) is 2. The van der Waals surface area contributed by atoms with Gasteiger partial charge in [0.25, 0.3) is 5.91 Å². The van der Waals surface area contributed by atoms with E-state index in [9.17, 15) is 9.18 Å². The number of aromatic nitrogens is 1. The number of nitrogens with zero attached hydrogens (tertiary/aromatic N) is 2. The van der Waals surface area contributed by atoms with Crippen LogP contribution in [0.4, 0.5) is 21.6 Å². The van der Waals surface area contributed by atoms with Gasteiger partial charge >= 0.3 is 0 Å². The van der Waals surface area contributed by atoms with Crippen LogP contribution >= 0.6 is 11.6 Å². The van der Waals surface area contributed by atoms with E-state index in [1.54, 1.807) is 30.5 Å². The van der Waals surface area contributed by atoms with Crippen molar-refractivity contribution in [3.8, 4) is 0 Å². The van der Waals surface area contributed by atoms with Gasteiger partial charge in [0.1, 0.15) is 11.6 Å². The van der Waals surface area contributed by atoms with Crippen molar-refractivity contribution in [3.63, 3.8) is 0 Å². The number of carbonyl (C=O) groups excluding carboxylic acids is 1. The highest BCUT2D eigenvalue weighted by Gasteiger charge is 2.25. The van der Waals surface area contributed by atoms with E-state index in [2.05, 4.69) is 27.4 Å². The highest BCUT2D eigenvalue weighted by molar-refractivity contribution is 6.30. The van der Waals surface area contributed by atoms with Crippen LogP contribution < -0.4 is 15.5 Å².